The minimum absolute atomic E-state index is 0.0874. The van der Waals surface area contributed by atoms with Crippen LogP contribution in [0.15, 0.2) is 12.1 Å². The molecule has 1 unspecified atom stereocenters. The average molecular weight is 340 g/mol. The number of methoxy groups -OCH3 is 1. The number of rotatable bonds is 4. The Bertz CT molecular complexity index is 656. The molecule has 1 aliphatic heterocycles. The molecular weight excluding hydrogens is 318 g/mol. The van der Waals surface area contributed by atoms with Crippen LogP contribution in [0.3, 0.4) is 0 Å². The van der Waals surface area contributed by atoms with Crippen molar-refractivity contribution in [2.45, 2.75) is 39.3 Å². The molecule has 0 bridgehead atoms. The zero-order valence-electron chi connectivity index (χ0n) is 14.3. The van der Waals surface area contributed by atoms with Gasteiger partial charge in [-0.05, 0) is 32.9 Å². The van der Waals surface area contributed by atoms with Crippen molar-refractivity contribution in [2.24, 2.45) is 5.92 Å². The first-order valence-corrected chi connectivity index (χ1v) is 7.74. The lowest BCUT2D eigenvalue weighted by molar-refractivity contribution is -0.132. The SMILES string of the molecule is COc1ccc(F)c(CNC(=O)C2CC(=O)N(C(C)(C)C)C2)c1F. The summed E-state index contributed by atoms with van der Waals surface area (Å²) in [5, 5.41) is 2.51. The van der Waals surface area contributed by atoms with Crippen LogP contribution in [-0.2, 0) is 16.1 Å². The highest BCUT2D eigenvalue weighted by molar-refractivity contribution is 5.89. The van der Waals surface area contributed by atoms with E-state index in [4.69, 9.17) is 4.74 Å². The summed E-state index contributed by atoms with van der Waals surface area (Å²) in [6, 6.07) is 2.27. The summed E-state index contributed by atoms with van der Waals surface area (Å²) >= 11 is 0. The first kappa shape index (κ1) is 18.2. The Balaban J connectivity index is 2.04. The lowest BCUT2D eigenvalue weighted by Crippen LogP contribution is -2.43. The highest BCUT2D eigenvalue weighted by Crippen LogP contribution is 2.26. The summed E-state index contributed by atoms with van der Waals surface area (Å²) in [5.74, 6) is -2.69. The van der Waals surface area contributed by atoms with Crippen LogP contribution in [0.1, 0.15) is 32.8 Å². The predicted octanol–water partition coefficient (Wildman–Crippen LogP) is 2.24. The Morgan fingerprint density at radius 2 is 2.04 bits per heavy atom. The number of likely N-dealkylation sites (tertiary alicyclic amines) is 1. The number of nitrogens with zero attached hydrogens (tertiary/aromatic N) is 1. The van der Waals surface area contributed by atoms with Gasteiger partial charge in [-0.1, -0.05) is 0 Å². The summed E-state index contributed by atoms with van der Waals surface area (Å²) in [7, 11) is 1.28. The van der Waals surface area contributed by atoms with Crippen LogP contribution in [0.5, 0.6) is 5.75 Å². The minimum atomic E-state index is -0.836. The van der Waals surface area contributed by atoms with Crippen molar-refractivity contribution in [3.05, 3.63) is 29.3 Å². The zero-order chi connectivity index (χ0) is 18.1. The van der Waals surface area contributed by atoms with Gasteiger partial charge in [0.25, 0.3) is 0 Å². The molecule has 1 N–H and O–H groups in total. The van der Waals surface area contributed by atoms with Crippen LogP contribution in [0.4, 0.5) is 8.78 Å². The van der Waals surface area contributed by atoms with Crippen molar-refractivity contribution in [2.75, 3.05) is 13.7 Å². The second kappa shape index (κ2) is 6.75. The van der Waals surface area contributed by atoms with E-state index >= 15 is 0 Å². The normalized spacial score (nSPS) is 18.0. The van der Waals surface area contributed by atoms with E-state index in [2.05, 4.69) is 5.32 Å². The van der Waals surface area contributed by atoms with Crippen molar-refractivity contribution in [1.82, 2.24) is 10.2 Å². The molecule has 0 radical (unpaired) electrons. The van der Waals surface area contributed by atoms with Gasteiger partial charge in [-0.15, -0.1) is 0 Å². The smallest absolute Gasteiger partial charge is 0.225 e. The number of nitrogens with one attached hydrogen (secondary N) is 1. The third-order valence-electron chi connectivity index (χ3n) is 4.12. The quantitative estimate of drug-likeness (QED) is 0.914. The molecule has 0 aromatic heterocycles. The number of carbonyl (C=O) groups excluding carboxylic acids is 2. The number of halogens is 2. The summed E-state index contributed by atoms with van der Waals surface area (Å²) in [5.41, 5.74) is -0.628. The van der Waals surface area contributed by atoms with Gasteiger partial charge in [0.05, 0.1) is 13.0 Å². The van der Waals surface area contributed by atoms with Crippen LogP contribution in [0, 0.1) is 17.6 Å². The van der Waals surface area contributed by atoms with Gasteiger partial charge < -0.3 is 15.0 Å². The molecule has 1 saturated heterocycles. The lowest BCUT2D eigenvalue weighted by atomic mass is 10.1. The molecule has 1 heterocycles. The van der Waals surface area contributed by atoms with Crippen LogP contribution < -0.4 is 10.1 Å². The first-order chi connectivity index (χ1) is 11.1. The molecule has 1 aliphatic rings. The molecule has 1 atom stereocenters. The average Bonchev–Trinajstić information content (AvgIpc) is 2.89. The summed E-state index contributed by atoms with van der Waals surface area (Å²) in [4.78, 5) is 25.9. The first-order valence-electron chi connectivity index (χ1n) is 7.74. The van der Waals surface area contributed by atoms with Gasteiger partial charge in [-0.2, -0.15) is 0 Å². The van der Waals surface area contributed by atoms with E-state index in [1.807, 2.05) is 20.8 Å². The van der Waals surface area contributed by atoms with Gasteiger partial charge in [0.2, 0.25) is 11.8 Å². The fraction of sp³-hybridized carbons (Fsp3) is 0.529. The van der Waals surface area contributed by atoms with E-state index in [1.54, 1.807) is 4.90 Å². The Labute approximate surface area is 140 Å². The molecule has 7 heteroatoms. The molecule has 132 valence electrons. The molecule has 2 amide bonds. The number of hydrogen-bond donors (Lipinski definition) is 1. The van der Waals surface area contributed by atoms with Crippen molar-refractivity contribution in [3.8, 4) is 5.75 Å². The largest absolute Gasteiger partial charge is 0.494 e. The Morgan fingerprint density at radius 3 is 2.58 bits per heavy atom. The number of hydrogen-bond acceptors (Lipinski definition) is 3. The van der Waals surface area contributed by atoms with Gasteiger partial charge in [0.1, 0.15) is 5.82 Å². The van der Waals surface area contributed by atoms with Crippen LogP contribution in [0.2, 0.25) is 0 Å². The highest BCUT2D eigenvalue weighted by atomic mass is 19.1. The maximum absolute atomic E-state index is 14.1. The summed E-state index contributed by atoms with van der Waals surface area (Å²) in [6.45, 7) is 5.69. The van der Waals surface area contributed by atoms with E-state index in [0.29, 0.717) is 6.54 Å². The molecule has 0 aliphatic carbocycles. The molecule has 1 fully saturated rings. The van der Waals surface area contributed by atoms with Gasteiger partial charge in [0.15, 0.2) is 11.6 Å². The Kier molecular flexibility index (Phi) is 5.11. The second-order valence-corrected chi connectivity index (χ2v) is 6.84. The fourth-order valence-electron chi connectivity index (χ4n) is 2.75. The monoisotopic (exact) mass is 340 g/mol. The molecule has 1 aromatic carbocycles. The Morgan fingerprint density at radius 1 is 1.38 bits per heavy atom. The van der Waals surface area contributed by atoms with E-state index < -0.39 is 23.5 Å². The molecule has 5 nitrogen and oxygen atoms in total. The van der Waals surface area contributed by atoms with E-state index in [1.165, 1.54) is 13.2 Å². The van der Waals surface area contributed by atoms with Crippen molar-refractivity contribution >= 4 is 11.8 Å². The predicted molar refractivity (Wildman–Crippen MR) is 84.3 cm³/mol. The van der Waals surface area contributed by atoms with Crippen molar-refractivity contribution in [1.29, 1.82) is 0 Å². The third kappa shape index (κ3) is 3.66. The number of carbonyl (C=O) groups is 2. The van der Waals surface area contributed by atoms with Gasteiger partial charge >= 0.3 is 0 Å². The summed E-state index contributed by atoms with van der Waals surface area (Å²) in [6.07, 6.45) is 0.103. The number of ether oxygens (including phenoxy) is 1. The molecule has 0 spiro atoms. The van der Waals surface area contributed by atoms with E-state index in [-0.39, 0.29) is 35.7 Å². The van der Waals surface area contributed by atoms with E-state index in [0.717, 1.165) is 6.07 Å². The topological polar surface area (TPSA) is 58.6 Å². The van der Waals surface area contributed by atoms with Gasteiger partial charge in [-0.3, -0.25) is 9.59 Å². The maximum atomic E-state index is 14.1. The van der Waals surface area contributed by atoms with Crippen molar-refractivity contribution < 1.29 is 23.1 Å². The third-order valence-corrected chi connectivity index (χ3v) is 4.12. The zero-order valence-corrected chi connectivity index (χ0v) is 14.3. The van der Waals surface area contributed by atoms with Gasteiger partial charge in [-0.25, -0.2) is 8.78 Å². The molecule has 24 heavy (non-hydrogen) atoms. The number of benzene rings is 1. The van der Waals surface area contributed by atoms with Crippen molar-refractivity contribution in [3.63, 3.8) is 0 Å². The van der Waals surface area contributed by atoms with Gasteiger partial charge in [0, 0.05) is 30.6 Å². The summed E-state index contributed by atoms with van der Waals surface area (Å²) < 4.78 is 32.6. The molecule has 1 aromatic rings. The Hall–Kier alpha value is -2.18. The fourth-order valence-corrected chi connectivity index (χ4v) is 2.75. The second-order valence-electron chi connectivity index (χ2n) is 6.84. The lowest BCUT2D eigenvalue weighted by Gasteiger charge is -2.31. The maximum Gasteiger partial charge on any atom is 0.225 e. The standard InChI is InChI=1S/C17H22F2N2O3/c1-17(2,3)21-9-10(7-14(21)22)16(23)20-8-11-12(18)5-6-13(24-4)15(11)19/h5-6,10H,7-9H2,1-4H3,(H,20,23). The number of amides is 2. The van der Waals surface area contributed by atoms with Crippen LogP contribution in [0.25, 0.3) is 0 Å². The van der Waals surface area contributed by atoms with Crippen LogP contribution in [-0.4, -0.2) is 35.9 Å². The molecule has 2 rings (SSSR count). The van der Waals surface area contributed by atoms with E-state index in [9.17, 15) is 18.4 Å². The highest BCUT2D eigenvalue weighted by Gasteiger charge is 2.39. The molecular formula is C17H22F2N2O3. The minimum Gasteiger partial charge on any atom is -0.494 e. The van der Waals surface area contributed by atoms with Crippen LogP contribution >= 0.6 is 0 Å². The molecule has 0 saturated carbocycles.